The summed E-state index contributed by atoms with van der Waals surface area (Å²) in [4.78, 5) is 2.48. The lowest BCUT2D eigenvalue weighted by Crippen LogP contribution is -2.38. The minimum atomic E-state index is -0.337. The lowest BCUT2D eigenvalue weighted by Gasteiger charge is -2.26. The summed E-state index contributed by atoms with van der Waals surface area (Å²) in [5.41, 5.74) is 5.40. The molecule has 0 aromatic carbocycles. The van der Waals surface area contributed by atoms with Gasteiger partial charge in [0.25, 0.3) is 0 Å². The van der Waals surface area contributed by atoms with Gasteiger partial charge < -0.3 is 25.9 Å². The second kappa shape index (κ2) is 9.43. The molecular weight excluding hydrogens is 252 g/mol. The van der Waals surface area contributed by atoms with Gasteiger partial charge in [-0.15, -0.1) is 0 Å². The fourth-order valence-corrected chi connectivity index (χ4v) is 2.64. The van der Waals surface area contributed by atoms with Gasteiger partial charge in [0.15, 0.2) is 5.84 Å². The predicted octanol–water partition coefficient (Wildman–Crippen LogP) is -0.224. The van der Waals surface area contributed by atoms with Gasteiger partial charge in [-0.05, 0) is 6.92 Å². The summed E-state index contributed by atoms with van der Waals surface area (Å²) in [6.07, 6.45) is -0.337. The van der Waals surface area contributed by atoms with Crippen molar-refractivity contribution in [2.24, 2.45) is 10.9 Å². The molecule has 1 aliphatic rings. The maximum atomic E-state index is 8.45. The first kappa shape index (κ1) is 15.6. The quantitative estimate of drug-likeness (QED) is 0.187. The van der Waals surface area contributed by atoms with E-state index < -0.39 is 0 Å². The Balaban J connectivity index is 1.92. The van der Waals surface area contributed by atoms with Crippen LogP contribution < -0.4 is 11.1 Å². The predicted molar refractivity (Wildman–Crippen MR) is 75.5 cm³/mol. The van der Waals surface area contributed by atoms with Crippen LogP contribution in [0.2, 0.25) is 0 Å². The molecule has 1 aliphatic heterocycles. The minimum absolute atomic E-state index is 0.112. The Bertz CT molecular complexity index is 247. The average molecular weight is 276 g/mol. The zero-order valence-corrected chi connectivity index (χ0v) is 11.8. The highest BCUT2D eigenvalue weighted by Crippen LogP contribution is 2.07. The Labute approximate surface area is 113 Å². The second-order valence-electron chi connectivity index (χ2n) is 4.24. The van der Waals surface area contributed by atoms with Gasteiger partial charge in [-0.25, -0.2) is 0 Å². The molecule has 4 N–H and O–H groups in total. The number of amidine groups is 1. The van der Waals surface area contributed by atoms with Gasteiger partial charge in [-0.3, -0.25) is 0 Å². The molecule has 0 aromatic rings. The van der Waals surface area contributed by atoms with Crippen molar-refractivity contribution in [1.29, 1.82) is 0 Å². The number of hydrogen-bond acceptors (Lipinski definition) is 6. The number of thioether (sulfide) groups is 1. The Morgan fingerprint density at radius 2 is 2.22 bits per heavy atom. The van der Waals surface area contributed by atoms with E-state index in [1.165, 1.54) is 24.6 Å². The van der Waals surface area contributed by atoms with Crippen LogP contribution in [0.1, 0.15) is 6.92 Å². The van der Waals surface area contributed by atoms with Gasteiger partial charge in [0.2, 0.25) is 0 Å². The summed E-state index contributed by atoms with van der Waals surface area (Å²) in [6.45, 7) is 7.58. The molecule has 1 atom stereocenters. The molecule has 106 valence electrons. The molecule has 0 aromatic heterocycles. The Morgan fingerprint density at radius 3 is 2.89 bits per heavy atom. The fraction of sp³-hybridized carbons (Fsp3) is 0.909. The summed E-state index contributed by atoms with van der Waals surface area (Å²) < 4.78 is 5.39. The standard InChI is InChI=1S/C11H24N4O2S/c1-10(11(12)14-16)17-7-3-13-2-4-15-5-8-18-9-6-15/h10,13,16H,2-9H2,1H3,(H2,12,14). The molecule has 1 rings (SSSR count). The maximum Gasteiger partial charge on any atom is 0.168 e. The topological polar surface area (TPSA) is 83.1 Å². The van der Waals surface area contributed by atoms with E-state index in [-0.39, 0.29) is 11.9 Å². The van der Waals surface area contributed by atoms with E-state index in [1.54, 1.807) is 6.92 Å². The molecule has 0 bridgehead atoms. The highest BCUT2D eigenvalue weighted by molar-refractivity contribution is 7.99. The van der Waals surface area contributed by atoms with Crippen molar-refractivity contribution in [3.8, 4) is 0 Å². The fourth-order valence-electron chi connectivity index (χ4n) is 1.66. The van der Waals surface area contributed by atoms with Crippen LogP contribution in [0.4, 0.5) is 0 Å². The van der Waals surface area contributed by atoms with Crippen LogP contribution in [-0.4, -0.2) is 72.9 Å². The second-order valence-corrected chi connectivity index (χ2v) is 5.47. The van der Waals surface area contributed by atoms with Crippen molar-refractivity contribution >= 4 is 17.6 Å². The SMILES string of the molecule is CC(OCCNCCN1CCSCC1)C(N)=NO. The molecule has 0 amide bonds. The largest absolute Gasteiger partial charge is 0.409 e. The highest BCUT2D eigenvalue weighted by Gasteiger charge is 2.09. The van der Waals surface area contributed by atoms with E-state index in [9.17, 15) is 0 Å². The van der Waals surface area contributed by atoms with E-state index in [2.05, 4.69) is 15.4 Å². The normalized spacial score (nSPS) is 19.9. The molecule has 1 saturated heterocycles. The minimum Gasteiger partial charge on any atom is -0.409 e. The van der Waals surface area contributed by atoms with Crippen LogP contribution in [0.5, 0.6) is 0 Å². The molecule has 0 aliphatic carbocycles. The van der Waals surface area contributed by atoms with Gasteiger partial charge in [0, 0.05) is 44.2 Å². The molecule has 1 fully saturated rings. The Morgan fingerprint density at radius 1 is 1.50 bits per heavy atom. The number of hydrogen-bond donors (Lipinski definition) is 3. The molecule has 6 nitrogen and oxygen atoms in total. The zero-order valence-electron chi connectivity index (χ0n) is 11.0. The first-order chi connectivity index (χ1) is 8.74. The average Bonchev–Trinajstić information content (AvgIpc) is 2.42. The zero-order chi connectivity index (χ0) is 13.2. The van der Waals surface area contributed by atoms with Crippen molar-refractivity contribution in [3.05, 3.63) is 0 Å². The number of ether oxygens (including phenoxy) is 1. The summed E-state index contributed by atoms with van der Waals surface area (Å²) in [5, 5.41) is 14.7. The van der Waals surface area contributed by atoms with Gasteiger partial charge in [0.1, 0.15) is 6.10 Å². The third-order valence-corrected chi connectivity index (χ3v) is 3.83. The van der Waals surface area contributed by atoms with E-state index in [4.69, 9.17) is 15.7 Å². The number of nitrogens with one attached hydrogen (secondary N) is 1. The van der Waals surface area contributed by atoms with Crippen LogP contribution in [-0.2, 0) is 4.74 Å². The van der Waals surface area contributed by atoms with Crippen molar-refractivity contribution in [3.63, 3.8) is 0 Å². The van der Waals surface area contributed by atoms with Gasteiger partial charge in [-0.2, -0.15) is 11.8 Å². The number of oxime groups is 1. The smallest absolute Gasteiger partial charge is 0.168 e. The van der Waals surface area contributed by atoms with Crippen LogP contribution in [0.25, 0.3) is 0 Å². The Hall–Kier alpha value is -0.500. The lowest BCUT2D eigenvalue weighted by molar-refractivity contribution is 0.107. The first-order valence-corrected chi connectivity index (χ1v) is 7.49. The van der Waals surface area contributed by atoms with Gasteiger partial charge in [-0.1, -0.05) is 5.16 Å². The van der Waals surface area contributed by atoms with Crippen LogP contribution in [0, 0.1) is 0 Å². The monoisotopic (exact) mass is 276 g/mol. The van der Waals surface area contributed by atoms with E-state index in [1.807, 2.05) is 11.8 Å². The third kappa shape index (κ3) is 6.44. The highest BCUT2D eigenvalue weighted by atomic mass is 32.2. The summed E-state index contributed by atoms with van der Waals surface area (Å²) in [6, 6.07) is 0. The van der Waals surface area contributed by atoms with Crippen molar-refractivity contribution in [2.45, 2.75) is 13.0 Å². The van der Waals surface area contributed by atoms with Gasteiger partial charge >= 0.3 is 0 Å². The maximum absolute atomic E-state index is 8.45. The van der Waals surface area contributed by atoms with E-state index >= 15 is 0 Å². The molecule has 0 saturated carbocycles. The summed E-state index contributed by atoms with van der Waals surface area (Å²) in [7, 11) is 0. The lowest BCUT2D eigenvalue weighted by atomic mass is 10.4. The number of nitrogens with zero attached hydrogens (tertiary/aromatic N) is 2. The van der Waals surface area contributed by atoms with Crippen LogP contribution in [0.15, 0.2) is 5.16 Å². The number of rotatable bonds is 8. The van der Waals surface area contributed by atoms with Crippen LogP contribution >= 0.6 is 11.8 Å². The molecule has 7 heteroatoms. The van der Waals surface area contributed by atoms with Crippen molar-refractivity contribution in [2.75, 3.05) is 50.8 Å². The van der Waals surface area contributed by atoms with Crippen molar-refractivity contribution in [1.82, 2.24) is 10.2 Å². The molecule has 0 radical (unpaired) electrons. The first-order valence-electron chi connectivity index (χ1n) is 6.34. The molecule has 1 unspecified atom stereocenters. The molecule has 0 spiro atoms. The van der Waals surface area contributed by atoms with Crippen LogP contribution in [0.3, 0.4) is 0 Å². The van der Waals surface area contributed by atoms with Crippen molar-refractivity contribution < 1.29 is 9.94 Å². The summed E-state index contributed by atoms with van der Waals surface area (Å²) >= 11 is 2.03. The third-order valence-electron chi connectivity index (χ3n) is 2.89. The van der Waals surface area contributed by atoms with E-state index in [0.29, 0.717) is 6.61 Å². The Kier molecular flexibility index (Phi) is 8.15. The summed E-state index contributed by atoms with van der Waals surface area (Å²) in [5.74, 6) is 2.61. The number of nitrogens with two attached hydrogens (primary N) is 1. The van der Waals surface area contributed by atoms with E-state index in [0.717, 1.165) is 19.6 Å². The molecule has 1 heterocycles. The molecular formula is C11H24N4O2S. The molecule has 18 heavy (non-hydrogen) atoms. The van der Waals surface area contributed by atoms with Gasteiger partial charge in [0.05, 0.1) is 6.61 Å².